The highest BCUT2D eigenvalue weighted by Crippen LogP contribution is 2.45. The van der Waals surface area contributed by atoms with Crippen molar-refractivity contribution in [2.75, 3.05) is 24.3 Å². The lowest BCUT2D eigenvalue weighted by Crippen LogP contribution is -2.41. The minimum atomic E-state index is -0.296. The maximum atomic E-state index is 12.1. The van der Waals surface area contributed by atoms with Crippen LogP contribution >= 0.6 is 0 Å². The number of nitrogens with zero attached hydrogens (tertiary/aromatic N) is 2. The molecule has 4 atom stereocenters. The summed E-state index contributed by atoms with van der Waals surface area (Å²) in [5, 5.41) is 10.0. The van der Waals surface area contributed by atoms with Gasteiger partial charge < -0.3 is 31.4 Å². The Kier molecular flexibility index (Phi) is 5.33. The van der Waals surface area contributed by atoms with Gasteiger partial charge in [-0.25, -0.2) is 0 Å². The zero-order chi connectivity index (χ0) is 22.9. The minimum Gasteiger partial charge on any atom is -0.484 e. The minimum absolute atomic E-state index is 0.0714. The van der Waals surface area contributed by atoms with Crippen LogP contribution in [0.3, 0.4) is 0 Å². The molecule has 10 nitrogen and oxygen atoms in total. The second-order valence-electron chi connectivity index (χ2n) is 8.30. The fourth-order valence-corrected chi connectivity index (χ4v) is 4.69. The number of rotatable bonds is 8. The molecule has 0 spiro atoms. The molecule has 33 heavy (non-hydrogen) atoms. The van der Waals surface area contributed by atoms with E-state index in [1.54, 1.807) is 25.4 Å². The summed E-state index contributed by atoms with van der Waals surface area (Å²) in [4.78, 5) is 35.9. The maximum absolute atomic E-state index is 12.1. The number of hydrogen-bond acceptors (Lipinski definition) is 7. The smallest absolute Gasteiger partial charge is 0.257 e. The standard InChI is InChI=1S/C23H25N7O3/c1-25-17(31)11-33-15-4-2-3-14(10-15)27-23-29-21-16(7-8-26-21)22(30-23)28-19-13-6-5-12(9-13)18(19)20(24)32/h2-8,10,12-13,18-19H,9,11H2,1H3,(H2,24,32)(H,25,31)(H3,26,27,28,29,30). The molecule has 2 bridgehead atoms. The SMILES string of the molecule is CNC(=O)COc1cccc(Nc2nc(NC3C4C=CC(C4)C3C(N)=O)c3cc[nH]c3n2)c1. The summed E-state index contributed by atoms with van der Waals surface area (Å²) in [6, 6.07) is 8.99. The van der Waals surface area contributed by atoms with Gasteiger partial charge in [-0.2, -0.15) is 9.97 Å². The Morgan fingerprint density at radius 1 is 1.21 bits per heavy atom. The first-order chi connectivity index (χ1) is 16.0. The fourth-order valence-electron chi connectivity index (χ4n) is 4.69. The number of likely N-dealkylation sites (N-methyl/N-ethyl adjacent to an activating group) is 1. The number of nitrogens with one attached hydrogen (secondary N) is 4. The summed E-state index contributed by atoms with van der Waals surface area (Å²) >= 11 is 0. The van der Waals surface area contributed by atoms with Gasteiger partial charge in [0.15, 0.2) is 6.61 Å². The van der Waals surface area contributed by atoms with Gasteiger partial charge >= 0.3 is 0 Å². The van der Waals surface area contributed by atoms with E-state index in [0.717, 1.165) is 11.8 Å². The number of nitrogens with two attached hydrogens (primary N) is 1. The third-order valence-corrected chi connectivity index (χ3v) is 6.25. The van der Waals surface area contributed by atoms with Gasteiger partial charge in [0.1, 0.15) is 17.2 Å². The van der Waals surface area contributed by atoms with Gasteiger partial charge in [-0.15, -0.1) is 0 Å². The fraction of sp³-hybridized carbons (Fsp3) is 0.304. The van der Waals surface area contributed by atoms with E-state index in [-0.39, 0.29) is 42.2 Å². The third kappa shape index (κ3) is 4.07. The van der Waals surface area contributed by atoms with Crippen LogP contribution < -0.4 is 26.4 Å². The third-order valence-electron chi connectivity index (χ3n) is 6.25. The molecule has 2 aliphatic rings. The van der Waals surface area contributed by atoms with E-state index < -0.39 is 0 Å². The Morgan fingerprint density at radius 3 is 2.88 bits per heavy atom. The van der Waals surface area contributed by atoms with Gasteiger partial charge in [0.05, 0.1) is 11.3 Å². The molecule has 2 heterocycles. The summed E-state index contributed by atoms with van der Waals surface area (Å²) in [6.45, 7) is -0.0714. The van der Waals surface area contributed by atoms with E-state index in [1.807, 2.05) is 18.2 Å². The monoisotopic (exact) mass is 447 g/mol. The molecule has 2 aliphatic carbocycles. The van der Waals surface area contributed by atoms with Crippen molar-refractivity contribution in [3.63, 3.8) is 0 Å². The predicted octanol–water partition coefficient (Wildman–Crippen LogP) is 1.91. The normalized spacial score (nSPS) is 22.9. The van der Waals surface area contributed by atoms with Crippen molar-refractivity contribution in [1.29, 1.82) is 0 Å². The number of H-pyrrole nitrogens is 1. The van der Waals surface area contributed by atoms with E-state index in [1.165, 1.54) is 0 Å². The van der Waals surface area contributed by atoms with Gasteiger partial charge in [-0.3, -0.25) is 9.59 Å². The van der Waals surface area contributed by atoms with Crippen LogP contribution in [0.15, 0.2) is 48.7 Å². The van der Waals surface area contributed by atoms with Crippen molar-refractivity contribution in [2.24, 2.45) is 23.5 Å². The van der Waals surface area contributed by atoms with Crippen molar-refractivity contribution in [3.8, 4) is 5.75 Å². The van der Waals surface area contributed by atoms with Crippen molar-refractivity contribution < 1.29 is 14.3 Å². The second-order valence-corrected chi connectivity index (χ2v) is 8.30. The Balaban J connectivity index is 1.39. The molecule has 4 unspecified atom stereocenters. The Hall–Kier alpha value is -4.08. The molecule has 2 amide bonds. The Labute approximate surface area is 190 Å². The average Bonchev–Trinajstić information content (AvgIpc) is 3.54. The molecule has 5 rings (SSSR count). The molecular weight excluding hydrogens is 422 g/mol. The van der Waals surface area contributed by atoms with E-state index >= 15 is 0 Å². The number of anilines is 3. The number of benzene rings is 1. The molecule has 2 aromatic heterocycles. The van der Waals surface area contributed by atoms with Crippen LogP contribution in [-0.4, -0.2) is 46.5 Å². The molecule has 3 aromatic rings. The molecule has 0 saturated heterocycles. The van der Waals surface area contributed by atoms with Crippen molar-refractivity contribution in [2.45, 2.75) is 12.5 Å². The first kappa shape index (κ1) is 20.8. The highest BCUT2D eigenvalue weighted by Gasteiger charge is 2.47. The van der Waals surface area contributed by atoms with Crippen LogP contribution in [0.1, 0.15) is 6.42 Å². The number of ether oxygens (including phenoxy) is 1. The second kappa shape index (κ2) is 8.45. The molecule has 0 aliphatic heterocycles. The number of allylic oxidation sites excluding steroid dienone is 1. The number of aromatic nitrogens is 3. The average molecular weight is 447 g/mol. The topological polar surface area (TPSA) is 147 Å². The van der Waals surface area contributed by atoms with E-state index in [0.29, 0.717) is 28.9 Å². The summed E-state index contributed by atoms with van der Waals surface area (Å²) in [7, 11) is 1.56. The lowest BCUT2D eigenvalue weighted by atomic mass is 9.88. The van der Waals surface area contributed by atoms with Gasteiger partial charge in [0, 0.05) is 31.0 Å². The Morgan fingerprint density at radius 2 is 2.06 bits per heavy atom. The maximum Gasteiger partial charge on any atom is 0.257 e. The summed E-state index contributed by atoms with van der Waals surface area (Å²) < 4.78 is 5.51. The number of fused-ring (bicyclic) bond motifs is 3. The zero-order valence-electron chi connectivity index (χ0n) is 18.0. The summed E-state index contributed by atoms with van der Waals surface area (Å²) in [6.07, 6.45) is 6.96. The van der Waals surface area contributed by atoms with E-state index in [9.17, 15) is 9.59 Å². The van der Waals surface area contributed by atoms with Crippen LogP contribution in [0.4, 0.5) is 17.5 Å². The number of aromatic amines is 1. The number of amides is 2. The van der Waals surface area contributed by atoms with Crippen LogP contribution in [-0.2, 0) is 9.59 Å². The lowest BCUT2D eigenvalue weighted by molar-refractivity contribution is -0.123. The quantitative estimate of drug-likeness (QED) is 0.331. The molecule has 170 valence electrons. The largest absolute Gasteiger partial charge is 0.484 e. The lowest BCUT2D eigenvalue weighted by Gasteiger charge is -2.27. The summed E-state index contributed by atoms with van der Waals surface area (Å²) in [5.41, 5.74) is 7.09. The van der Waals surface area contributed by atoms with Crippen molar-refractivity contribution in [3.05, 3.63) is 48.7 Å². The van der Waals surface area contributed by atoms with Crippen LogP contribution in [0, 0.1) is 17.8 Å². The molecular formula is C23H25N7O3. The van der Waals surface area contributed by atoms with E-state index in [4.69, 9.17) is 15.5 Å². The summed E-state index contributed by atoms with van der Waals surface area (Å²) in [5.74, 6) is 1.18. The van der Waals surface area contributed by atoms with Crippen LogP contribution in [0.5, 0.6) is 5.75 Å². The first-order valence-electron chi connectivity index (χ1n) is 10.8. The molecule has 1 fully saturated rings. The molecule has 0 radical (unpaired) electrons. The first-order valence-corrected chi connectivity index (χ1v) is 10.8. The van der Waals surface area contributed by atoms with Crippen molar-refractivity contribution >= 4 is 40.3 Å². The number of primary amides is 1. The molecule has 10 heteroatoms. The van der Waals surface area contributed by atoms with Gasteiger partial charge in [-0.05, 0) is 36.5 Å². The van der Waals surface area contributed by atoms with Gasteiger partial charge in [-0.1, -0.05) is 18.2 Å². The Bertz CT molecular complexity index is 1240. The number of carbonyl (C=O) groups excluding carboxylic acids is 2. The van der Waals surface area contributed by atoms with Gasteiger partial charge in [0.25, 0.3) is 5.91 Å². The molecule has 1 saturated carbocycles. The van der Waals surface area contributed by atoms with Crippen LogP contribution in [0.2, 0.25) is 0 Å². The van der Waals surface area contributed by atoms with Crippen LogP contribution in [0.25, 0.3) is 11.0 Å². The zero-order valence-corrected chi connectivity index (χ0v) is 18.0. The van der Waals surface area contributed by atoms with Gasteiger partial charge in [0.2, 0.25) is 11.9 Å². The highest BCUT2D eigenvalue weighted by molar-refractivity contribution is 5.89. The van der Waals surface area contributed by atoms with E-state index in [2.05, 4.69) is 38.1 Å². The number of hydrogen-bond donors (Lipinski definition) is 5. The number of carbonyl (C=O) groups is 2. The molecule has 6 N–H and O–H groups in total. The predicted molar refractivity (Wildman–Crippen MR) is 124 cm³/mol. The van der Waals surface area contributed by atoms with Crippen molar-refractivity contribution in [1.82, 2.24) is 20.3 Å². The molecule has 1 aromatic carbocycles. The highest BCUT2D eigenvalue weighted by atomic mass is 16.5.